The fourth-order valence-corrected chi connectivity index (χ4v) is 6.19. The third-order valence-electron chi connectivity index (χ3n) is 7.19. The maximum absolute atomic E-state index is 13.7. The molecule has 4 aromatic rings. The second-order valence-electron chi connectivity index (χ2n) is 9.91. The quantitative estimate of drug-likeness (QED) is 0.423. The molecule has 0 saturated carbocycles. The number of hydrogen-bond acceptors (Lipinski definition) is 7. The number of aromatic amines is 1. The number of carbonyl (C=O) groups excluding carboxylic acids is 1. The summed E-state index contributed by atoms with van der Waals surface area (Å²) in [4.78, 5) is 35.2. The summed E-state index contributed by atoms with van der Waals surface area (Å²) in [7, 11) is 2.05. The van der Waals surface area contributed by atoms with Gasteiger partial charge in [0.25, 0.3) is 0 Å². The maximum atomic E-state index is 13.7. The lowest BCUT2D eigenvalue weighted by Gasteiger charge is -2.40. The summed E-state index contributed by atoms with van der Waals surface area (Å²) in [5.74, 6) is 0.275. The third-order valence-corrected chi connectivity index (χ3v) is 8.35. The molecule has 0 radical (unpaired) electrons. The minimum Gasteiger partial charge on any atom is -0.358 e. The van der Waals surface area contributed by atoms with Gasteiger partial charge in [-0.05, 0) is 26.1 Å². The number of nitrogens with zero attached hydrogens (tertiary/aromatic N) is 7. The monoisotopic (exact) mass is 544 g/mol. The highest BCUT2D eigenvalue weighted by atomic mass is 32.1. The zero-order valence-electron chi connectivity index (χ0n) is 21.0. The van der Waals surface area contributed by atoms with E-state index in [-0.39, 0.29) is 24.2 Å². The van der Waals surface area contributed by atoms with Gasteiger partial charge in [0.2, 0.25) is 10.9 Å². The number of rotatable bonds is 4. The van der Waals surface area contributed by atoms with Gasteiger partial charge in [-0.3, -0.25) is 4.79 Å². The maximum Gasteiger partial charge on any atom is 0.443 e. The number of carbonyl (C=O) groups is 1. The molecule has 2 aliphatic rings. The summed E-state index contributed by atoms with van der Waals surface area (Å²) >= 11 is 0.618. The van der Waals surface area contributed by atoms with Gasteiger partial charge in [0.1, 0.15) is 17.2 Å². The third kappa shape index (κ3) is 4.53. The summed E-state index contributed by atoms with van der Waals surface area (Å²) in [6.45, 7) is 5.01. The van der Waals surface area contributed by atoms with Crippen molar-refractivity contribution >= 4 is 33.3 Å². The van der Waals surface area contributed by atoms with Crippen LogP contribution in [0.2, 0.25) is 0 Å². The molecule has 0 aliphatic carbocycles. The van der Waals surface area contributed by atoms with E-state index in [0.29, 0.717) is 47.3 Å². The molecular formula is C25H27F3N8OS. The number of hydrogen-bond donors (Lipinski definition) is 1. The molecule has 0 spiro atoms. The first-order valence-corrected chi connectivity index (χ1v) is 13.3. The van der Waals surface area contributed by atoms with Gasteiger partial charge < -0.3 is 24.3 Å². The van der Waals surface area contributed by atoms with Crippen molar-refractivity contribution in [3.63, 3.8) is 0 Å². The predicted octanol–water partition coefficient (Wildman–Crippen LogP) is 3.63. The number of piperazine rings is 1. The van der Waals surface area contributed by atoms with Crippen molar-refractivity contribution in [2.45, 2.75) is 38.7 Å². The van der Waals surface area contributed by atoms with Crippen LogP contribution in [0.15, 0.2) is 30.6 Å². The van der Waals surface area contributed by atoms with Gasteiger partial charge in [0, 0.05) is 45.2 Å². The Kier molecular flexibility index (Phi) is 6.14. The lowest BCUT2D eigenvalue weighted by molar-refractivity contribution is -0.137. The molecule has 1 aromatic carbocycles. The molecule has 200 valence electrons. The van der Waals surface area contributed by atoms with Crippen LogP contribution in [0.5, 0.6) is 0 Å². The van der Waals surface area contributed by atoms with Crippen molar-refractivity contribution in [1.82, 2.24) is 34.3 Å². The molecule has 1 saturated heterocycles. The summed E-state index contributed by atoms with van der Waals surface area (Å²) in [6.07, 6.45) is -1.96. The molecule has 1 fully saturated rings. The lowest BCUT2D eigenvalue weighted by Crippen LogP contribution is -2.54. The second-order valence-corrected chi connectivity index (χ2v) is 10.9. The average molecular weight is 545 g/mol. The van der Waals surface area contributed by atoms with Gasteiger partial charge in [0.15, 0.2) is 5.82 Å². The molecule has 6 rings (SSSR count). The van der Waals surface area contributed by atoms with E-state index in [1.54, 1.807) is 12.4 Å². The predicted molar refractivity (Wildman–Crippen MR) is 138 cm³/mol. The topological polar surface area (TPSA) is 86.2 Å². The van der Waals surface area contributed by atoms with E-state index < -0.39 is 11.2 Å². The van der Waals surface area contributed by atoms with E-state index in [9.17, 15) is 18.0 Å². The number of aromatic nitrogens is 5. The highest BCUT2D eigenvalue weighted by Crippen LogP contribution is 2.42. The Labute approximate surface area is 220 Å². The van der Waals surface area contributed by atoms with Crippen molar-refractivity contribution in [3.05, 3.63) is 47.0 Å². The van der Waals surface area contributed by atoms with Crippen LogP contribution >= 0.6 is 11.3 Å². The number of nitrogens with one attached hydrogen (secondary N) is 1. The van der Waals surface area contributed by atoms with E-state index >= 15 is 0 Å². The van der Waals surface area contributed by atoms with E-state index in [2.05, 4.69) is 24.8 Å². The standard InChI is InChI=1S/C25H27F3N8OS/c1-15-11-34(9-10-36(15)20(37)13-35-14-29-18-7-8-33(2)12-19(18)35)23-21(32-24(38-23)25(26,27)28)22-30-16-5-3-4-6-17(16)31-22/h3-6,14-15H,7-13H2,1-2H3,(H,30,31)/t15-/m1/s1. The largest absolute Gasteiger partial charge is 0.443 e. The Morgan fingerprint density at radius 2 is 2.00 bits per heavy atom. The van der Waals surface area contributed by atoms with Gasteiger partial charge in [-0.15, -0.1) is 0 Å². The first kappa shape index (κ1) is 24.9. The Balaban J connectivity index is 1.23. The van der Waals surface area contributed by atoms with E-state index in [0.717, 1.165) is 36.4 Å². The van der Waals surface area contributed by atoms with Gasteiger partial charge in [-0.25, -0.2) is 15.0 Å². The second kappa shape index (κ2) is 9.38. The smallest absolute Gasteiger partial charge is 0.358 e. The van der Waals surface area contributed by atoms with Gasteiger partial charge in [-0.1, -0.05) is 23.5 Å². The summed E-state index contributed by atoms with van der Waals surface area (Å²) < 4.78 is 42.9. The van der Waals surface area contributed by atoms with Crippen LogP contribution in [-0.4, -0.2) is 79.5 Å². The molecule has 1 atom stereocenters. The Hall–Kier alpha value is -3.45. The summed E-state index contributed by atoms with van der Waals surface area (Å²) in [6, 6.07) is 7.09. The van der Waals surface area contributed by atoms with Gasteiger partial charge >= 0.3 is 6.18 Å². The molecule has 9 nitrogen and oxygen atoms in total. The lowest BCUT2D eigenvalue weighted by atomic mass is 10.1. The molecule has 3 aromatic heterocycles. The van der Waals surface area contributed by atoms with Crippen molar-refractivity contribution in [2.75, 3.05) is 38.1 Å². The van der Waals surface area contributed by atoms with Crippen LogP contribution in [-0.2, 0) is 30.5 Å². The fourth-order valence-electron chi connectivity index (χ4n) is 5.22. The molecule has 38 heavy (non-hydrogen) atoms. The Bertz CT molecular complexity index is 1460. The van der Waals surface area contributed by atoms with E-state index in [1.165, 1.54) is 0 Å². The number of anilines is 1. The highest BCUT2D eigenvalue weighted by Gasteiger charge is 2.39. The van der Waals surface area contributed by atoms with Gasteiger partial charge in [0.05, 0.1) is 28.7 Å². The van der Waals surface area contributed by atoms with Crippen LogP contribution in [0, 0.1) is 0 Å². The molecule has 0 bridgehead atoms. The molecule has 13 heteroatoms. The summed E-state index contributed by atoms with van der Waals surface area (Å²) in [5.41, 5.74) is 3.67. The van der Waals surface area contributed by atoms with Crippen LogP contribution in [0.25, 0.3) is 22.6 Å². The SMILES string of the molecule is C[C@@H]1CN(c2sc(C(F)(F)F)nc2-c2nc3ccccc3[nH]2)CCN1C(=O)Cn1cnc2c1CN(C)CC2. The normalized spacial score (nSPS) is 18.8. The van der Waals surface area contributed by atoms with E-state index in [1.807, 2.05) is 46.5 Å². The van der Waals surface area contributed by atoms with Crippen molar-refractivity contribution in [1.29, 1.82) is 0 Å². The van der Waals surface area contributed by atoms with Crippen LogP contribution in [0.4, 0.5) is 18.2 Å². The number of para-hydroxylation sites is 2. The molecule has 2 aliphatic heterocycles. The number of H-pyrrole nitrogens is 1. The van der Waals surface area contributed by atoms with Crippen LogP contribution in [0.3, 0.4) is 0 Å². The fraction of sp³-hybridized carbons (Fsp3) is 0.440. The first-order valence-electron chi connectivity index (χ1n) is 12.5. The number of fused-ring (bicyclic) bond motifs is 2. The average Bonchev–Trinajstić information content (AvgIpc) is 3.60. The minimum absolute atomic E-state index is 0.0247. The summed E-state index contributed by atoms with van der Waals surface area (Å²) in [5, 5.41) is -0.508. The minimum atomic E-state index is -4.56. The van der Waals surface area contributed by atoms with Crippen LogP contribution < -0.4 is 4.90 Å². The van der Waals surface area contributed by atoms with E-state index in [4.69, 9.17) is 0 Å². The Morgan fingerprint density at radius 1 is 1.18 bits per heavy atom. The number of benzene rings is 1. The van der Waals surface area contributed by atoms with Crippen molar-refractivity contribution < 1.29 is 18.0 Å². The molecular weight excluding hydrogens is 517 g/mol. The number of halogens is 3. The zero-order valence-corrected chi connectivity index (χ0v) is 21.8. The van der Waals surface area contributed by atoms with Crippen molar-refractivity contribution in [2.24, 2.45) is 0 Å². The Morgan fingerprint density at radius 3 is 2.76 bits per heavy atom. The van der Waals surface area contributed by atoms with Crippen LogP contribution in [0.1, 0.15) is 23.3 Å². The zero-order chi connectivity index (χ0) is 26.6. The number of thiazole rings is 1. The number of amides is 1. The first-order chi connectivity index (χ1) is 18.2. The molecule has 1 amide bonds. The highest BCUT2D eigenvalue weighted by molar-refractivity contribution is 7.16. The van der Waals surface area contributed by atoms with Gasteiger partial charge in [-0.2, -0.15) is 13.2 Å². The number of alkyl halides is 3. The molecule has 0 unspecified atom stereocenters. The van der Waals surface area contributed by atoms with Crippen molar-refractivity contribution in [3.8, 4) is 11.5 Å². The number of imidazole rings is 2. The number of likely N-dealkylation sites (N-methyl/N-ethyl adjacent to an activating group) is 1. The molecule has 1 N–H and O–H groups in total. The molecule has 5 heterocycles.